The topological polar surface area (TPSA) is 85.1 Å². The Balaban J connectivity index is 1.81. The summed E-state index contributed by atoms with van der Waals surface area (Å²) in [4.78, 5) is 28.4. The van der Waals surface area contributed by atoms with Gasteiger partial charge in [0.1, 0.15) is 0 Å². The largest absolute Gasteiger partial charge is 0.366 e. The molecule has 0 aliphatic heterocycles. The minimum atomic E-state index is -0.500. The predicted octanol–water partition coefficient (Wildman–Crippen LogP) is 3.15. The number of rotatable bonds is 6. The SMILES string of the molecule is NC(=O)c1ccc(NC(=O)C(Cc2ccccn2)c2ccccc2)cc1. The molecule has 3 aromatic rings. The second-order valence-corrected chi connectivity index (χ2v) is 5.92. The van der Waals surface area contributed by atoms with Crippen molar-refractivity contribution in [2.24, 2.45) is 5.73 Å². The maximum atomic E-state index is 12.9. The molecule has 1 atom stereocenters. The van der Waals surface area contributed by atoms with E-state index in [1.165, 1.54) is 0 Å². The van der Waals surface area contributed by atoms with Crippen LogP contribution in [0.15, 0.2) is 79.0 Å². The van der Waals surface area contributed by atoms with Crippen LogP contribution < -0.4 is 11.1 Å². The number of nitrogens with one attached hydrogen (secondary N) is 1. The Morgan fingerprint density at radius 2 is 1.62 bits per heavy atom. The van der Waals surface area contributed by atoms with Gasteiger partial charge >= 0.3 is 0 Å². The normalized spacial score (nSPS) is 11.5. The molecule has 0 radical (unpaired) electrons. The average Bonchev–Trinajstić information content (AvgIpc) is 2.68. The van der Waals surface area contributed by atoms with E-state index in [2.05, 4.69) is 10.3 Å². The zero-order chi connectivity index (χ0) is 18.4. The molecule has 26 heavy (non-hydrogen) atoms. The lowest BCUT2D eigenvalue weighted by Crippen LogP contribution is -2.23. The molecule has 1 unspecified atom stereocenters. The quantitative estimate of drug-likeness (QED) is 0.720. The summed E-state index contributed by atoms with van der Waals surface area (Å²) in [5.41, 5.74) is 8.02. The van der Waals surface area contributed by atoms with Gasteiger partial charge < -0.3 is 11.1 Å². The number of amides is 2. The van der Waals surface area contributed by atoms with E-state index in [4.69, 9.17) is 5.73 Å². The fourth-order valence-electron chi connectivity index (χ4n) is 2.72. The van der Waals surface area contributed by atoms with Crippen molar-refractivity contribution in [3.8, 4) is 0 Å². The van der Waals surface area contributed by atoms with Crippen molar-refractivity contribution in [1.82, 2.24) is 4.98 Å². The number of pyridine rings is 1. The third-order valence-corrected chi connectivity index (χ3v) is 4.09. The van der Waals surface area contributed by atoms with Gasteiger partial charge in [0.05, 0.1) is 5.92 Å². The Kier molecular flexibility index (Phi) is 5.39. The number of hydrogen-bond donors (Lipinski definition) is 2. The van der Waals surface area contributed by atoms with E-state index in [0.29, 0.717) is 17.7 Å². The van der Waals surface area contributed by atoms with Crippen molar-refractivity contribution in [1.29, 1.82) is 0 Å². The summed E-state index contributed by atoms with van der Waals surface area (Å²) < 4.78 is 0. The van der Waals surface area contributed by atoms with Crippen molar-refractivity contribution in [3.63, 3.8) is 0 Å². The number of nitrogens with zero attached hydrogens (tertiary/aromatic N) is 1. The molecule has 5 nitrogen and oxygen atoms in total. The van der Waals surface area contributed by atoms with Crippen molar-refractivity contribution in [2.75, 3.05) is 5.32 Å². The Hall–Kier alpha value is -3.47. The fourth-order valence-corrected chi connectivity index (χ4v) is 2.72. The number of nitrogens with two attached hydrogens (primary N) is 1. The first-order valence-corrected chi connectivity index (χ1v) is 8.29. The Labute approximate surface area is 151 Å². The van der Waals surface area contributed by atoms with Gasteiger partial charge in [0.25, 0.3) is 0 Å². The van der Waals surface area contributed by atoms with E-state index in [9.17, 15) is 9.59 Å². The first-order chi connectivity index (χ1) is 12.6. The minimum absolute atomic E-state index is 0.131. The van der Waals surface area contributed by atoms with Crippen LogP contribution in [-0.4, -0.2) is 16.8 Å². The first-order valence-electron chi connectivity index (χ1n) is 8.29. The van der Waals surface area contributed by atoms with E-state index < -0.39 is 5.91 Å². The highest BCUT2D eigenvalue weighted by molar-refractivity contribution is 5.97. The molecule has 0 aliphatic rings. The molecule has 0 saturated heterocycles. The highest BCUT2D eigenvalue weighted by atomic mass is 16.2. The smallest absolute Gasteiger partial charge is 0.248 e. The van der Waals surface area contributed by atoms with E-state index >= 15 is 0 Å². The fraction of sp³-hybridized carbons (Fsp3) is 0.0952. The van der Waals surface area contributed by atoms with Crippen LogP contribution in [0.4, 0.5) is 5.69 Å². The van der Waals surface area contributed by atoms with Gasteiger partial charge in [-0.15, -0.1) is 0 Å². The Morgan fingerprint density at radius 3 is 2.23 bits per heavy atom. The van der Waals surface area contributed by atoms with Gasteiger partial charge in [0, 0.05) is 29.6 Å². The van der Waals surface area contributed by atoms with Gasteiger partial charge in [-0.2, -0.15) is 0 Å². The highest BCUT2D eigenvalue weighted by Gasteiger charge is 2.21. The molecule has 130 valence electrons. The number of carbonyl (C=O) groups excluding carboxylic acids is 2. The summed E-state index contributed by atoms with van der Waals surface area (Å²) in [6, 6.07) is 21.8. The van der Waals surface area contributed by atoms with Gasteiger partial charge in [-0.25, -0.2) is 0 Å². The number of primary amides is 1. The lowest BCUT2D eigenvalue weighted by molar-refractivity contribution is -0.117. The van der Waals surface area contributed by atoms with E-state index in [1.807, 2.05) is 48.5 Å². The third-order valence-electron chi connectivity index (χ3n) is 4.09. The van der Waals surface area contributed by atoms with Crippen molar-refractivity contribution in [2.45, 2.75) is 12.3 Å². The predicted molar refractivity (Wildman–Crippen MR) is 101 cm³/mol. The van der Waals surface area contributed by atoms with E-state index in [0.717, 1.165) is 11.3 Å². The Morgan fingerprint density at radius 1 is 0.923 bits per heavy atom. The molecule has 5 heteroatoms. The molecule has 0 fully saturated rings. The molecule has 1 aromatic heterocycles. The van der Waals surface area contributed by atoms with E-state index in [-0.39, 0.29) is 11.8 Å². The van der Waals surface area contributed by atoms with Gasteiger partial charge in [0.2, 0.25) is 11.8 Å². The third kappa shape index (κ3) is 4.33. The second-order valence-electron chi connectivity index (χ2n) is 5.92. The van der Waals surface area contributed by atoms with Gasteiger partial charge in [0.15, 0.2) is 0 Å². The van der Waals surface area contributed by atoms with Crippen LogP contribution in [0.1, 0.15) is 27.5 Å². The van der Waals surface area contributed by atoms with Crippen LogP contribution in [0.2, 0.25) is 0 Å². The van der Waals surface area contributed by atoms with Crippen molar-refractivity contribution >= 4 is 17.5 Å². The van der Waals surface area contributed by atoms with E-state index in [1.54, 1.807) is 30.5 Å². The summed E-state index contributed by atoms with van der Waals surface area (Å²) in [5.74, 6) is -1.00. The molecule has 1 heterocycles. The number of aromatic nitrogens is 1. The Bertz CT molecular complexity index is 878. The molecule has 2 amide bonds. The number of benzene rings is 2. The standard InChI is InChI=1S/C21H19N3O2/c22-20(25)16-9-11-17(12-10-16)24-21(26)19(15-6-2-1-3-7-15)14-18-8-4-5-13-23-18/h1-13,19H,14H2,(H2,22,25)(H,24,26). The van der Waals surface area contributed by atoms with Crippen LogP contribution in [0.25, 0.3) is 0 Å². The summed E-state index contributed by atoms with van der Waals surface area (Å²) >= 11 is 0. The average molecular weight is 345 g/mol. The minimum Gasteiger partial charge on any atom is -0.366 e. The number of hydrogen-bond acceptors (Lipinski definition) is 3. The molecule has 0 saturated carbocycles. The molecule has 3 rings (SSSR count). The van der Waals surface area contributed by atoms with Crippen LogP contribution in [0.5, 0.6) is 0 Å². The molecule has 0 spiro atoms. The second kappa shape index (κ2) is 8.07. The summed E-state index contributed by atoms with van der Waals surface area (Å²) in [5, 5.41) is 2.91. The molecule has 2 aromatic carbocycles. The van der Waals surface area contributed by atoms with Gasteiger partial charge in [-0.1, -0.05) is 36.4 Å². The van der Waals surface area contributed by atoms with Crippen LogP contribution in [0.3, 0.4) is 0 Å². The molecule has 3 N–H and O–H groups in total. The lowest BCUT2D eigenvalue weighted by atomic mass is 9.93. The van der Waals surface area contributed by atoms with Crippen LogP contribution in [-0.2, 0) is 11.2 Å². The summed E-state index contributed by atoms with van der Waals surface area (Å²) in [6.07, 6.45) is 2.22. The monoisotopic (exact) mass is 345 g/mol. The molecule has 0 aliphatic carbocycles. The number of anilines is 1. The highest BCUT2D eigenvalue weighted by Crippen LogP contribution is 2.22. The summed E-state index contributed by atoms with van der Waals surface area (Å²) in [6.45, 7) is 0. The molecular weight excluding hydrogens is 326 g/mol. The van der Waals surface area contributed by atoms with Crippen LogP contribution >= 0.6 is 0 Å². The van der Waals surface area contributed by atoms with Crippen LogP contribution in [0, 0.1) is 0 Å². The maximum absolute atomic E-state index is 12.9. The van der Waals surface area contributed by atoms with Gasteiger partial charge in [-0.3, -0.25) is 14.6 Å². The van der Waals surface area contributed by atoms with Crippen molar-refractivity contribution < 1.29 is 9.59 Å². The first kappa shape index (κ1) is 17.4. The molecular formula is C21H19N3O2. The van der Waals surface area contributed by atoms with Gasteiger partial charge in [-0.05, 0) is 42.0 Å². The summed E-state index contributed by atoms with van der Waals surface area (Å²) in [7, 11) is 0. The number of carbonyl (C=O) groups is 2. The zero-order valence-corrected chi connectivity index (χ0v) is 14.1. The lowest BCUT2D eigenvalue weighted by Gasteiger charge is -2.17. The molecule has 0 bridgehead atoms. The van der Waals surface area contributed by atoms with Crippen molar-refractivity contribution in [3.05, 3.63) is 95.8 Å². The zero-order valence-electron chi connectivity index (χ0n) is 14.1. The maximum Gasteiger partial charge on any atom is 0.248 e.